The first kappa shape index (κ1) is 13.8. The minimum Gasteiger partial charge on any atom is -0.310 e. The predicted molar refractivity (Wildman–Crippen MR) is 78.1 cm³/mol. The maximum atomic E-state index is 13.6. The summed E-state index contributed by atoms with van der Waals surface area (Å²) in [5.41, 5.74) is 1.19. The van der Waals surface area contributed by atoms with Gasteiger partial charge in [-0.05, 0) is 32.0 Å². The van der Waals surface area contributed by atoms with Gasteiger partial charge in [-0.15, -0.1) is 0 Å². The van der Waals surface area contributed by atoms with E-state index in [9.17, 15) is 9.18 Å². The van der Waals surface area contributed by atoms with Gasteiger partial charge in [-0.2, -0.15) is 14.6 Å². The molecule has 1 aromatic carbocycles. The fraction of sp³-hybridized carbons (Fsp3) is 0.214. The second-order valence-electron chi connectivity index (χ2n) is 4.62. The van der Waals surface area contributed by atoms with Gasteiger partial charge in [0.05, 0.1) is 10.7 Å². The normalized spacial score (nSPS) is 11.2. The standard InChI is InChI=1S/C14H12ClFN4O/c1-3-19-12(10-6-9(16)4-5-11(10)15)8(2)13(21)20-14(19)17-7-18-20/h4-7H,3H2,1-2H3. The van der Waals surface area contributed by atoms with E-state index in [1.54, 1.807) is 11.5 Å². The van der Waals surface area contributed by atoms with Crippen LogP contribution in [0.5, 0.6) is 0 Å². The van der Waals surface area contributed by atoms with Crippen LogP contribution in [-0.4, -0.2) is 19.2 Å². The number of benzene rings is 1. The molecule has 0 saturated carbocycles. The minimum atomic E-state index is -0.412. The summed E-state index contributed by atoms with van der Waals surface area (Å²) in [5, 5.41) is 4.31. The molecule has 0 atom stereocenters. The van der Waals surface area contributed by atoms with Crippen LogP contribution in [0.25, 0.3) is 17.0 Å². The third-order valence-corrected chi connectivity index (χ3v) is 3.74. The number of nitrogens with zero attached hydrogens (tertiary/aromatic N) is 4. The second kappa shape index (κ2) is 4.96. The lowest BCUT2D eigenvalue weighted by Crippen LogP contribution is -2.23. The van der Waals surface area contributed by atoms with Crippen molar-refractivity contribution in [1.82, 2.24) is 19.2 Å². The van der Waals surface area contributed by atoms with E-state index in [-0.39, 0.29) is 5.56 Å². The monoisotopic (exact) mass is 306 g/mol. The number of aryl methyl sites for hydroxylation is 1. The van der Waals surface area contributed by atoms with Crippen molar-refractivity contribution < 1.29 is 4.39 Å². The number of hydrogen-bond donors (Lipinski definition) is 0. The lowest BCUT2D eigenvalue weighted by molar-refractivity contribution is 0.627. The Morgan fingerprint density at radius 2 is 2.14 bits per heavy atom. The van der Waals surface area contributed by atoms with E-state index in [0.29, 0.717) is 34.2 Å². The lowest BCUT2D eigenvalue weighted by Gasteiger charge is -2.16. The van der Waals surface area contributed by atoms with Gasteiger partial charge in [-0.1, -0.05) is 11.6 Å². The zero-order valence-electron chi connectivity index (χ0n) is 11.5. The predicted octanol–water partition coefficient (Wildman–Crippen LogP) is 2.68. The Morgan fingerprint density at radius 3 is 2.86 bits per heavy atom. The number of halogens is 2. The van der Waals surface area contributed by atoms with Gasteiger partial charge >= 0.3 is 0 Å². The second-order valence-corrected chi connectivity index (χ2v) is 5.03. The van der Waals surface area contributed by atoms with Crippen LogP contribution in [0.2, 0.25) is 5.02 Å². The highest BCUT2D eigenvalue weighted by Gasteiger charge is 2.18. The summed E-state index contributed by atoms with van der Waals surface area (Å²) in [7, 11) is 0. The maximum Gasteiger partial charge on any atom is 0.279 e. The third-order valence-electron chi connectivity index (χ3n) is 3.41. The first-order chi connectivity index (χ1) is 10.0. The molecule has 2 aromatic heterocycles. The Labute approximate surface area is 124 Å². The zero-order valence-corrected chi connectivity index (χ0v) is 12.2. The molecule has 7 heteroatoms. The van der Waals surface area contributed by atoms with Crippen molar-refractivity contribution >= 4 is 17.4 Å². The van der Waals surface area contributed by atoms with Crippen LogP contribution in [0.15, 0.2) is 29.3 Å². The molecule has 0 N–H and O–H groups in total. The molecule has 21 heavy (non-hydrogen) atoms. The summed E-state index contributed by atoms with van der Waals surface area (Å²) in [5.74, 6) is -0.00586. The summed E-state index contributed by atoms with van der Waals surface area (Å²) in [6.45, 7) is 4.13. The molecule has 0 unspecified atom stereocenters. The Hall–Kier alpha value is -2.21. The summed E-state index contributed by atoms with van der Waals surface area (Å²) in [4.78, 5) is 16.5. The fourth-order valence-electron chi connectivity index (χ4n) is 2.45. The third kappa shape index (κ3) is 2.03. The lowest BCUT2D eigenvalue weighted by atomic mass is 10.1. The van der Waals surface area contributed by atoms with Crippen molar-refractivity contribution in [1.29, 1.82) is 0 Å². The average molecular weight is 307 g/mol. The average Bonchev–Trinajstić information content (AvgIpc) is 2.95. The molecule has 2 heterocycles. The summed E-state index contributed by atoms with van der Waals surface area (Å²) in [6.07, 6.45) is 1.32. The molecule has 0 fully saturated rings. The molecule has 0 aliphatic carbocycles. The van der Waals surface area contributed by atoms with Crippen molar-refractivity contribution in [3.05, 3.63) is 51.3 Å². The van der Waals surface area contributed by atoms with Gasteiger partial charge in [0.2, 0.25) is 5.78 Å². The van der Waals surface area contributed by atoms with E-state index in [4.69, 9.17) is 11.6 Å². The van der Waals surface area contributed by atoms with E-state index < -0.39 is 5.82 Å². The van der Waals surface area contributed by atoms with Gasteiger partial charge < -0.3 is 4.57 Å². The number of hydrogen-bond acceptors (Lipinski definition) is 3. The van der Waals surface area contributed by atoms with Gasteiger partial charge in [0.15, 0.2) is 0 Å². The molecule has 3 rings (SSSR count). The van der Waals surface area contributed by atoms with Crippen molar-refractivity contribution in [3.63, 3.8) is 0 Å². The molecule has 5 nitrogen and oxygen atoms in total. The Morgan fingerprint density at radius 1 is 1.38 bits per heavy atom. The molecule has 3 aromatic rings. The highest BCUT2D eigenvalue weighted by atomic mass is 35.5. The smallest absolute Gasteiger partial charge is 0.279 e. The van der Waals surface area contributed by atoms with Gasteiger partial charge in [0, 0.05) is 17.7 Å². The Kier molecular flexibility index (Phi) is 3.25. The number of aromatic nitrogens is 4. The maximum absolute atomic E-state index is 13.6. The SMILES string of the molecule is CCn1c(-c2cc(F)ccc2Cl)c(C)c(=O)n2ncnc12. The fourth-order valence-corrected chi connectivity index (χ4v) is 2.66. The van der Waals surface area contributed by atoms with Crippen LogP contribution in [0.4, 0.5) is 4.39 Å². The van der Waals surface area contributed by atoms with E-state index in [0.717, 1.165) is 0 Å². The van der Waals surface area contributed by atoms with E-state index in [2.05, 4.69) is 10.1 Å². The highest BCUT2D eigenvalue weighted by Crippen LogP contribution is 2.30. The van der Waals surface area contributed by atoms with Crippen LogP contribution in [0.3, 0.4) is 0 Å². The molecule has 0 spiro atoms. The van der Waals surface area contributed by atoms with E-state index >= 15 is 0 Å². The molecule has 0 saturated heterocycles. The van der Waals surface area contributed by atoms with Gasteiger partial charge in [0.25, 0.3) is 5.56 Å². The number of rotatable bonds is 2. The summed E-state index contributed by atoms with van der Waals surface area (Å²) >= 11 is 6.18. The number of fused-ring (bicyclic) bond motifs is 1. The summed E-state index contributed by atoms with van der Waals surface area (Å²) in [6, 6.07) is 4.08. The first-order valence-corrected chi connectivity index (χ1v) is 6.81. The molecule has 0 aliphatic heterocycles. The highest BCUT2D eigenvalue weighted by molar-refractivity contribution is 6.33. The van der Waals surface area contributed by atoms with Crippen molar-refractivity contribution in [2.24, 2.45) is 0 Å². The molecule has 108 valence electrons. The zero-order chi connectivity index (χ0) is 15.1. The minimum absolute atomic E-state index is 0.289. The van der Waals surface area contributed by atoms with Crippen LogP contribution < -0.4 is 5.56 Å². The van der Waals surface area contributed by atoms with Crippen LogP contribution in [-0.2, 0) is 6.54 Å². The Balaban J connectivity index is 2.49. The van der Waals surface area contributed by atoms with Gasteiger partial charge in [-0.25, -0.2) is 4.39 Å². The topological polar surface area (TPSA) is 52.2 Å². The molecule has 0 bridgehead atoms. The molecule has 0 aliphatic rings. The van der Waals surface area contributed by atoms with Crippen LogP contribution in [0.1, 0.15) is 12.5 Å². The van der Waals surface area contributed by atoms with Crippen molar-refractivity contribution in [2.75, 3.05) is 0 Å². The largest absolute Gasteiger partial charge is 0.310 e. The molecule has 0 amide bonds. The Bertz CT molecular complexity index is 900. The van der Waals surface area contributed by atoms with Crippen LogP contribution >= 0.6 is 11.6 Å². The van der Waals surface area contributed by atoms with Crippen LogP contribution in [0, 0.1) is 12.7 Å². The molecule has 0 radical (unpaired) electrons. The van der Waals surface area contributed by atoms with Crippen molar-refractivity contribution in [2.45, 2.75) is 20.4 Å². The summed E-state index contributed by atoms with van der Waals surface area (Å²) < 4.78 is 16.6. The molecular weight excluding hydrogens is 295 g/mol. The quantitative estimate of drug-likeness (QED) is 0.731. The first-order valence-electron chi connectivity index (χ1n) is 6.43. The molecular formula is C14H12ClFN4O. The van der Waals surface area contributed by atoms with E-state index in [1.807, 2.05) is 6.92 Å². The van der Waals surface area contributed by atoms with Gasteiger partial charge in [0.1, 0.15) is 12.1 Å². The van der Waals surface area contributed by atoms with Gasteiger partial charge in [-0.3, -0.25) is 4.79 Å². The van der Waals surface area contributed by atoms with E-state index in [1.165, 1.54) is 29.0 Å². The van der Waals surface area contributed by atoms with Crippen molar-refractivity contribution in [3.8, 4) is 11.3 Å².